The van der Waals surface area contributed by atoms with Crippen molar-refractivity contribution in [2.24, 2.45) is 11.8 Å². The van der Waals surface area contributed by atoms with E-state index in [1.807, 2.05) is 30.5 Å². The Morgan fingerprint density at radius 2 is 2.08 bits per heavy atom. The summed E-state index contributed by atoms with van der Waals surface area (Å²) in [6, 6.07) is 12.2. The first kappa shape index (κ1) is 15.9. The maximum atomic E-state index is 6.07. The summed E-state index contributed by atoms with van der Waals surface area (Å²) in [7, 11) is 0. The topological polar surface area (TPSA) is 55.9 Å². The van der Waals surface area contributed by atoms with Gasteiger partial charge in [-0.15, -0.1) is 0 Å². The second kappa shape index (κ2) is 6.78. The Kier molecular flexibility index (Phi) is 4.15. The number of likely N-dealkylation sites (tertiary alicyclic amines) is 1. The third-order valence-corrected chi connectivity index (χ3v) is 5.57. The van der Waals surface area contributed by atoms with Crippen molar-refractivity contribution < 1.29 is 14.2 Å². The van der Waals surface area contributed by atoms with Crippen molar-refractivity contribution in [3.05, 3.63) is 48.2 Å². The molecule has 4 heterocycles. The zero-order valence-electron chi connectivity index (χ0n) is 14.6. The maximum absolute atomic E-state index is 6.07. The molecule has 6 heteroatoms. The second-order valence-corrected chi connectivity index (χ2v) is 7.27. The molecule has 136 valence electrons. The van der Waals surface area contributed by atoms with E-state index in [9.17, 15) is 0 Å². The van der Waals surface area contributed by atoms with Crippen molar-refractivity contribution in [2.45, 2.75) is 12.6 Å². The third kappa shape index (κ3) is 3.10. The van der Waals surface area contributed by atoms with Crippen LogP contribution in [0.25, 0.3) is 0 Å². The van der Waals surface area contributed by atoms with Gasteiger partial charge in [-0.2, -0.15) is 0 Å². The SMILES string of the molecule is c1ccc(NC[C@@H]2CO[C@H]3CN(Cc4ccc5c(c4)OCO5)C[C@@H]23)nc1. The molecule has 0 unspecified atom stereocenters. The molecule has 2 aromatic rings. The Morgan fingerprint density at radius 3 is 3.00 bits per heavy atom. The Morgan fingerprint density at radius 1 is 1.12 bits per heavy atom. The molecule has 0 radical (unpaired) electrons. The van der Waals surface area contributed by atoms with Crippen LogP contribution in [0.15, 0.2) is 42.6 Å². The maximum Gasteiger partial charge on any atom is 0.231 e. The predicted octanol–water partition coefficient (Wildman–Crippen LogP) is 2.37. The smallest absolute Gasteiger partial charge is 0.231 e. The number of aromatic nitrogens is 1. The van der Waals surface area contributed by atoms with Gasteiger partial charge < -0.3 is 19.5 Å². The molecule has 1 aromatic carbocycles. The van der Waals surface area contributed by atoms with Crippen LogP contribution in [0.2, 0.25) is 0 Å². The lowest BCUT2D eigenvalue weighted by molar-refractivity contribution is 0.0946. The van der Waals surface area contributed by atoms with E-state index in [0.29, 0.717) is 24.7 Å². The fourth-order valence-corrected chi connectivity index (χ4v) is 4.22. The van der Waals surface area contributed by atoms with E-state index in [1.165, 1.54) is 5.56 Å². The lowest BCUT2D eigenvalue weighted by Gasteiger charge is -2.20. The summed E-state index contributed by atoms with van der Waals surface area (Å²) in [6.07, 6.45) is 2.17. The number of nitrogens with zero attached hydrogens (tertiary/aromatic N) is 2. The molecule has 26 heavy (non-hydrogen) atoms. The predicted molar refractivity (Wildman–Crippen MR) is 97.3 cm³/mol. The summed E-state index contributed by atoms with van der Waals surface area (Å²) in [5.74, 6) is 3.75. The summed E-state index contributed by atoms with van der Waals surface area (Å²) >= 11 is 0. The van der Waals surface area contributed by atoms with Gasteiger partial charge in [0, 0.05) is 44.2 Å². The lowest BCUT2D eigenvalue weighted by atomic mass is 9.93. The zero-order chi connectivity index (χ0) is 17.3. The van der Waals surface area contributed by atoms with E-state index in [4.69, 9.17) is 14.2 Å². The van der Waals surface area contributed by atoms with Gasteiger partial charge in [0.15, 0.2) is 11.5 Å². The van der Waals surface area contributed by atoms with Crippen LogP contribution < -0.4 is 14.8 Å². The van der Waals surface area contributed by atoms with Gasteiger partial charge in [0.1, 0.15) is 5.82 Å². The molecule has 1 N–H and O–H groups in total. The van der Waals surface area contributed by atoms with Gasteiger partial charge >= 0.3 is 0 Å². The fourth-order valence-electron chi connectivity index (χ4n) is 4.22. The average Bonchev–Trinajstić information content (AvgIpc) is 3.36. The minimum atomic E-state index is 0.325. The number of fused-ring (bicyclic) bond motifs is 2. The van der Waals surface area contributed by atoms with Gasteiger partial charge in [0.2, 0.25) is 6.79 Å². The largest absolute Gasteiger partial charge is 0.454 e. The first-order valence-corrected chi connectivity index (χ1v) is 9.22. The van der Waals surface area contributed by atoms with Crippen molar-refractivity contribution >= 4 is 5.82 Å². The standard InChI is InChI=1S/C20H23N3O3/c1-2-6-21-20(3-1)22-8-15-12-24-19-11-23(10-16(15)19)9-14-4-5-17-18(7-14)26-13-25-17/h1-7,15-16,19H,8-13H2,(H,21,22)/t15-,16+,19+/m1/s1. The van der Waals surface area contributed by atoms with Crippen molar-refractivity contribution in [1.29, 1.82) is 0 Å². The molecule has 0 amide bonds. The van der Waals surface area contributed by atoms with E-state index < -0.39 is 0 Å². The lowest BCUT2D eigenvalue weighted by Crippen LogP contribution is -2.27. The number of pyridine rings is 1. The monoisotopic (exact) mass is 353 g/mol. The van der Waals surface area contributed by atoms with Gasteiger partial charge in [0.05, 0.1) is 12.7 Å². The Bertz CT molecular complexity index is 770. The molecule has 0 spiro atoms. The van der Waals surface area contributed by atoms with Gasteiger partial charge in [-0.25, -0.2) is 4.98 Å². The number of hydrogen-bond donors (Lipinski definition) is 1. The van der Waals surface area contributed by atoms with Crippen molar-refractivity contribution in [1.82, 2.24) is 9.88 Å². The number of ether oxygens (including phenoxy) is 3. The molecule has 2 fully saturated rings. The summed E-state index contributed by atoms with van der Waals surface area (Å²) in [4.78, 5) is 6.83. The number of rotatable bonds is 5. The van der Waals surface area contributed by atoms with Gasteiger partial charge in [0.25, 0.3) is 0 Å². The molecule has 3 aliphatic heterocycles. The quantitative estimate of drug-likeness (QED) is 0.891. The van der Waals surface area contributed by atoms with E-state index >= 15 is 0 Å². The molecule has 1 aromatic heterocycles. The molecule has 0 saturated carbocycles. The van der Waals surface area contributed by atoms with E-state index in [1.54, 1.807) is 0 Å². The highest BCUT2D eigenvalue weighted by atomic mass is 16.7. The fraction of sp³-hybridized carbons (Fsp3) is 0.450. The molecule has 5 rings (SSSR count). The third-order valence-electron chi connectivity index (χ3n) is 5.57. The summed E-state index contributed by atoms with van der Waals surface area (Å²) in [5, 5.41) is 3.45. The molecule has 6 nitrogen and oxygen atoms in total. The van der Waals surface area contributed by atoms with Crippen LogP contribution in [0.5, 0.6) is 11.5 Å². The molecule has 0 aliphatic carbocycles. The molecular weight excluding hydrogens is 330 g/mol. The van der Waals surface area contributed by atoms with Gasteiger partial charge in [-0.1, -0.05) is 12.1 Å². The van der Waals surface area contributed by atoms with Crippen molar-refractivity contribution in [3.63, 3.8) is 0 Å². The molecule has 2 saturated heterocycles. The van der Waals surface area contributed by atoms with Crippen LogP contribution >= 0.6 is 0 Å². The first-order valence-electron chi connectivity index (χ1n) is 9.22. The summed E-state index contributed by atoms with van der Waals surface area (Å²) in [6.45, 7) is 5.08. The van der Waals surface area contributed by atoms with Crippen LogP contribution in [0.3, 0.4) is 0 Å². The molecule has 3 aliphatic rings. The van der Waals surface area contributed by atoms with E-state index in [0.717, 1.165) is 50.1 Å². The number of nitrogens with one attached hydrogen (secondary N) is 1. The average molecular weight is 353 g/mol. The molecule has 0 bridgehead atoms. The van der Waals surface area contributed by atoms with Crippen LogP contribution in [-0.2, 0) is 11.3 Å². The molecular formula is C20H23N3O3. The second-order valence-electron chi connectivity index (χ2n) is 7.27. The Hall–Kier alpha value is -2.31. The van der Waals surface area contributed by atoms with Crippen LogP contribution in [0.1, 0.15) is 5.56 Å². The minimum absolute atomic E-state index is 0.325. The number of benzene rings is 1. The Labute approximate surface area is 153 Å². The Balaban J connectivity index is 1.18. The van der Waals surface area contributed by atoms with Crippen LogP contribution in [0, 0.1) is 11.8 Å². The van der Waals surface area contributed by atoms with Crippen molar-refractivity contribution in [2.75, 3.05) is 38.4 Å². The number of hydrogen-bond acceptors (Lipinski definition) is 6. The van der Waals surface area contributed by atoms with Gasteiger partial charge in [-0.05, 0) is 29.8 Å². The first-order chi connectivity index (χ1) is 12.8. The number of anilines is 1. The highest BCUT2D eigenvalue weighted by Gasteiger charge is 2.43. The van der Waals surface area contributed by atoms with Crippen LogP contribution in [-0.4, -0.2) is 49.0 Å². The van der Waals surface area contributed by atoms with E-state index in [2.05, 4.69) is 27.3 Å². The normalized spacial score (nSPS) is 26.8. The molecule has 3 atom stereocenters. The van der Waals surface area contributed by atoms with Crippen molar-refractivity contribution in [3.8, 4) is 11.5 Å². The van der Waals surface area contributed by atoms with Crippen LogP contribution in [0.4, 0.5) is 5.82 Å². The van der Waals surface area contributed by atoms with E-state index in [-0.39, 0.29) is 0 Å². The highest BCUT2D eigenvalue weighted by Crippen LogP contribution is 2.36. The minimum Gasteiger partial charge on any atom is -0.454 e. The summed E-state index contributed by atoms with van der Waals surface area (Å²) in [5.41, 5.74) is 1.26. The highest BCUT2D eigenvalue weighted by molar-refractivity contribution is 5.44. The zero-order valence-corrected chi connectivity index (χ0v) is 14.6. The van der Waals surface area contributed by atoms with Gasteiger partial charge in [-0.3, -0.25) is 4.90 Å². The summed E-state index contributed by atoms with van der Waals surface area (Å²) < 4.78 is 17.0.